The van der Waals surface area contributed by atoms with E-state index in [1.54, 1.807) is 13.8 Å². The van der Waals surface area contributed by atoms with Gasteiger partial charge in [-0.1, -0.05) is 6.92 Å². The van der Waals surface area contributed by atoms with Gasteiger partial charge in [-0.2, -0.15) is 0 Å². The van der Waals surface area contributed by atoms with Crippen LogP contribution in [-0.4, -0.2) is 93.1 Å². The van der Waals surface area contributed by atoms with E-state index in [9.17, 15) is 39.6 Å². The van der Waals surface area contributed by atoms with E-state index in [4.69, 9.17) is 18.9 Å². The monoisotopic (exact) mass is 570 g/mol. The zero-order valence-electron chi connectivity index (χ0n) is 24.3. The normalized spacial score (nSPS) is 39.4. The molecular weight excluding hydrogens is 528 g/mol. The summed E-state index contributed by atoms with van der Waals surface area (Å²) in [4.78, 5) is 48.9. The number of carbonyl (C=O) groups excluding carboxylic acids is 4. The maximum atomic E-state index is 12.5. The molecule has 0 saturated heterocycles. The van der Waals surface area contributed by atoms with Crippen molar-refractivity contribution in [1.29, 1.82) is 0 Å². The molecule has 0 aromatic rings. The molecule has 0 heterocycles. The van der Waals surface area contributed by atoms with Crippen LogP contribution < -0.4 is 0 Å². The lowest BCUT2D eigenvalue weighted by atomic mass is 9.52. The van der Waals surface area contributed by atoms with Crippen molar-refractivity contribution in [2.24, 2.45) is 22.7 Å². The van der Waals surface area contributed by atoms with Crippen LogP contribution in [0.1, 0.15) is 68.2 Å². The highest BCUT2D eigenvalue weighted by Crippen LogP contribution is 2.65. The van der Waals surface area contributed by atoms with Gasteiger partial charge in [-0.15, -0.1) is 0 Å². The summed E-state index contributed by atoms with van der Waals surface area (Å²) >= 11 is 0. The van der Waals surface area contributed by atoms with Gasteiger partial charge in [-0.05, 0) is 38.3 Å². The van der Waals surface area contributed by atoms with Gasteiger partial charge in [0, 0.05) is 46.0 Å². The van der Waals surface area contributed by atoms with Crippen molar-refractivity contribution in [1.82, 2.24) is 0 Å². The number of rotatable bonds is 6. The van der Waals surface area contributed by atoms with Crippen molar-refractivity contribution in [2.45, 2.75) is 110 Å². The second-order valence-electron chi connectivity index (χ2n) is 12.1. The van der Waals surface area contributed by atoms with Crippen LogP contribution in [0.15, 0.2) is 11.1 Å². The summed E-state index contributed by atoms with van der Waals surface area (Å²) in [6, 6.07) is 0. The Hall–Kier alpha value is -2.54. The SMILES string of the molecule is CC(=O)OCC1C(OC(C)=O)CC(OC(C)=O)C2(C)C(OC(C)=O)C(O)C3=C(C)C(O)CC3(C(C)(C)O)C(O)C12. The minimum absolute atomic E-state index is 0.110. The first kappa shape index (κ1) is 32.0. The first-order valence-corrected chi connectivity index (χ1v) is 13.4. The smallest absolute Gasteiger partial charge is 0.303 e. The van der Waals surface area contributed by atoms with E-state index in [2.05, 4.69) is 0 Å². The molecule has 3 aliphatic carbocycles. The van der Waals surface area contributed by atoms with Crippen molar-refractivity contribution in [3.8, 4) is 0 Å². The van der Waals surface area contributed by atoms with Gasteiger partial charge in [0.2, 0.25) is 0 Å². The number of ether oxygens (including phenoxy) is 4. The molecule has 226 valence electrons. The van der Waals surface area contributed by atoms with Gasteiger partial charge in [-0.25, -0.2) is 0 Å². The molecule has 12 heteroatoms. The Labute approximate surface area is 233 Å². The van der Waals surface area contributed by atoms with E-state index in [-0.39, 0.29) is 25.0 Å². The molecule has 10 unspecified atom stereocenters. The Morgan fingerprint density at radius 3 is 1.95 bits per heavy atom. The maximum Gasteiger partial charge on any atom is 0.303 e. The number of hydrogen-bond acceptors (Lipinski definition) is 12. The predicted molar refractivity (Wildman–Crippen MR) is 137 cm³/mol. The van der Waals surface area contributed by atoms with Crippen molar-refractivity contribution in [3.05, 3.63) is 11.1 Å². The summed E-state index contributed by atoms with van der Waals surface area (Å²) in [7, 11) is 0. The highest BCUT2D eigenvalue weighted by Gasteiger charge is 2.73. The summed E-state index contributed by atoms with van der Waals surface area (Å²) in [5, 5.41) is 47.1. The molecule has 10 atom stereocenters. The van der Waals surface area contributed by atoms with Gasteiger partial charge in [0.05, 0.1) is 35.2 Å². The fourth-order valence-electron chi connectivity index (χ4n) is 7.63. The Morgan fingerprint density at radius 2 is 1.48 bits per heavy atom. The zero-order valence-corrected chi connectivity index (χ0v) is 24.3. The molecular formula is C28H42O12. The van der Waals surface area contributed by atoms with Gasteiger partial charge >= 0.3 is 23.9 Å². The number of fused-ring (bicyclic) bond motifs is 2. The average molecular weight is 571 g/mol. The van der Waals surface area contributed by atoms with Crippen molar-refractivity contribution < 1.29 is 58.6 Å². The average Bonchev–Trinajstić information content (AvgIpc) is 3.05. The highest BCUT2D eigenvalue weighted by molar-refractivity contribution is 5.68. The lowest BCUT2D eigenvalue weighted by Crippen LogP contribution is -2.66. The van der Waals surface area contributed by atoms with Crippen LogP contribution in [-0.2, 0) is 38.1 Å². The second-order valence-corrected chi connectivity index (χ2v) is 12.1. The van der Waals surface area contributed by atoms with E-state index in [1.807, 2.05) is 0 Å². The van der Waals surface area contributed by atoms with Gasteiger partial charge in [0.1, 0.15) is 24.4 Å². The van der Waals surface area contributed by atoms with Crippen molar-refractivity contribution in [2.75, 3.05) is 6.61 Å². The largest absolute Gasteiger partial charge is 0.465 e. The van der Waals surface area contributed by atoms with Crippen LogP contribution in [0.5, 0.6) is 0 Å². The Kier molecular flexibility index (Phi) is 8.82. The van der Waals surface area contributed by atoms with Crippen LogP contribution in [0.25, 0.3) is 0 Å². The molecule has 3 aliphatic rings. The molecule has 3 rings (SSSR count). The summed E-state index contributed by atoms with van der Waals surface area (Å²) in [6.07, 6.45) is -8.37. The molecule has 2 fully saturated rings. The van der Waals surface area contributed by atoms with Crippen LogP contribution >= 0.6 is 0 Å². The van der Waals surface area contributed by atoms with Crippen molar-refractivity contribution >= 4 is 23.9 Å². The lowest BCUT2D eigenvalue weighted by molar-refractivity contribution is -0.243. The van der Waals surface area contributed by atoms with E-state index < -0.39 is 88.8 Å². The summed E-state index contributed by atoms with van der Waals surface area (Å²) in [5.41, 5.74) is -4.60. The fourth-order valence-corrected chi connectivity index (χ4v) is 7.63. The highest BCUT2D eigenvalue weighted by atomic mass is 16.6. The van der Waals surface area contributed by atoms with Crippen LogP contribution in [0.3, 0.4) is 0 Å². The van der Waals surface area contributed by atoms with Gasteiger partial charge < -0.3 is 39.4 Å². The third-order valence-electron chi connectivity index (χ3n) is 9.25. The number of esters is 4. The Morgan fingerprint density at radius 1 is 0.925 bits per heavy atom. The Balaban J connectivity index is 2.45. The molecule has 0 radical (unpaired) electrons. The van der Waals surface area contributed by atoms with Gasteiger partial charge in [0.15, 0.2) is 0 Å². The number of carbonyl (C=O) groups is 4. The van der Waals surface area contributed by atoms with E-state index in [1.165, 1.54) is 34.6 Å². The van der Waals surface area contributed by atoms with Crippen molar-refractivity contribution in [3.63, 3.8) is 0 Å². The molecule has 12 nitrogen and oxygen atoms in total. The molecule has 4 N–H and O–H groups in total. The predicted octanol–water partition coefficient (Wildman–Crippen LogP) is 0.561. The molecule has 0 aromatic carbocycles. The number of aliphatic hydroxyl groups is 4. The van der Waals surface area contributed by atoms with Crippen LogP contribution in [0.2, 0.25) is 0 Å². The fraction of sp³-hybridized carbons (Fsp3) is 0.786. The first-order valence-electron chi connectivity index (χ1n) is 13.4. The maximum absolute atomic E-state index is 12.5. The zero-order chi connectivity index (χ0) is 30.5. The third kappa shape index (κ3) is 5.15. The van der Waals surface area contributed by atoms with Crippen LogP contribution in [0.4, 0.5) is 0 Å². The molecule has 40 heavy (non-hydrogen) atoms. The van der Waals surface area contributed by atoms with E-state index in [0.29, 0.717) is 5.57 Å². The summed E-state index contributed by atoms with van der Waals surface area (Å²) in [6.45, 7) is 10.4. The topological polar surface area (TPSA) is 186 Å². The summed E-state index contributed by atoms with van der Waals surface area (Å²) < 4.78 is 22.5. The lowest BCUT2D eigenvalue weighted by Gasteiger charge is -2.57. The van der Waals surface area contributed by atoms with E-state index >= 15 is 0 Å². The molecule has 0 aromatic heterocycles. The first-order chi connectivity index (χ1) is 18.3. The third-order valence-corrected chi connectivity index (χ3v) is 9.25. The van der Waals surface area contributed by atoms with Gasteiger partial charge in [0.25, 0.3) is 0 Å². The van der Waals surface area contributed by atoms with E-state index in [0.717, 1.165) is 6.92 Å². The number of aliphatic hydroxyl groups excluding tert-OH is 3. The minimum atomic E-state index is -1.76. The molecule has 0 spiro atoms. The molecule has 2 saturated carbocycles. The molecule has 0 amide bonds. The summed E-state index contributed by atoms with van der Waals surface area (Å²) in [5.74, 6) is -4.92. The van der Waals surface area contributed by atoms with Crippen LogP contribution in [0, 0.1) is 22.7 Å². The Bertz CT molecular complexity index is 1080. The minimum Gasteiger partial charge on any atom is -0.465 e. The molecule has 0 aliphatic heterocycles. The molecule has 0 bridgehead atoms. The number of hydrogen-bond donors (Lipinski definition) is 4. The van der Waals surface area contributed by atoms with Gasteiger partial charge in [-0.3, -0.25) is 19.2 Å². The second kappa shape index (κ2) is 11.0. The quantitative estimate of drug-likeness (QED) is 0.198. The standard InChI is InChI=1S/C28H42O12/c1-12-18(33)10-28(26(6,7)36)21(12)23(34)25(40-16(5)32)27(8)20(39-15(4)31)9-19(38-14(3)30)17(11-37-13(2)29)22(27)24(28)35/h17-20,22-25,33-36H,9-11H2,1-8H3.